The van der Waals surface area contributed by atoms with Crippen molar-refractivity contribution in [2.75, 3.05) is 33.7 Å². The first-order chi connectivity index (χ1) is 8.20. The highest BCUT2D eigenvalue weighted by atomic mass is 15.2. The molecule has 2 rings (SSSR count). The van der Waals surface area contributed by atoms with Crippen LogP contribution in [0, 0.1) is 0 Å². The van der Waals surface area contributed by atoms with E-state index in [4.69, 9.17) is 0 Å². The van der Waals surface area contributed by atoms with E-state index in [0.29, 0.717) is 0 Å². The first-order valence-electron chi connectivity index (χ1n) is 7.32. The van der Waals surface area contributed by atoms with Crippen molar-refractivity contribution in [1.29, 1.82) is 0 Å². The molecule has 0 aromatic carbocycles. The number of rotatable bonds is 2. The maximum atomic E-state index is 3.48. The number of nitrogens with one attached hydrogen (secondary N) is 1. The first-order valence-corrected chi connectivity index (χ1v) is 7.32. The summed E-state index contributed by atoms with van der Waals surface area (Å²) in [7, 11) is 4.38. The molecule has 0 bridgehead atoms. The van der Waals surface area contributed by atoms with Crippen molar-refractivity contribution in [3.05, 3.63) is 0 Å². The SMILES string of the molecule is CNC1CCCC(N2CCCN(C)CC2C)C1. The van der Waals surface area contributed by atoms with Crippen molar-refractivity contribution in [3.8, 4) is 0 Å². The van der Waals surface area contributed by atoms with Crippen LogP contribution in [0.2, 0.25) is 0 Å². The molecule has 3 nitrogen and oxygen atoms in total. The summed E-state index contributed by atoms with van der Waals surface area (Å²) in [6, 6.07) is 2.30. The number of nitrogens with zero attached hydrogens (tertiary/aromatic N) is 2. The summed E-state index contributed by atoms with van der Waals surface area (Å²) in [6.45, 7) is 6.21. The van der Waals surface area contributed by atoms with E-state index < -0.39 is 0 Å². The molecule has 17 heavy (non-hydrogen) atoms. The third-order valence-electron chi connectivity index (χ3n) is 4.62. The zero-order chi connectivity index (χ0) is 12.3. The van der Waals surface area contributed by atoms with E-state index in [1.54, 1.807) is 0 Å². The molecule has 0 aromatic heterocycles. The third kappa shape index (κ3) is 3.43. The van der Waals surface area contributed by atoms with E-state index in [2.05, 4.69) is 36.1 Å². The molecule has 0 radical (unpaired) electrons. The van der Waals surface area contributed by atoms with Gasteiger partial charge in [-0.15, -0.1) is 0 Å². The summed E-state index contributed by atoms with van der Waals surface area (Å²) in [5.41, 5.74) is 0. The minimum absolute atomic E-state index is 0.725. The van der Waals surface area contributed by atoms with Crippen LogP contribution in [0.25, 0.3) is 0 Å². The Kier molecular flexibility index (Phi) is 4.83. The summed E-state index contributed by atoms with van der Waals surface area (Å²) in [6.07, 6.45) is 6.86. The highest BCUT2D eigenvalue weighted by Crippen LogP contribution is 2.25. The summed E-state index contributed by atoms with van der Waals surface area (Å²) < 4.78 is 0. The molecule has 2 fully saturated rings. The van der Waals surface area contributed by atoms with E-state index in [0.717, 1.165) is 18.1 Å². The Morgan fingerprint density at radius 1 is 1.12 bits per heavy atom. The van der Waals surface area contributed by atoms with Gasteiger partial charge in [-0.25, -0.2) is 0 Å². The van der Waals surface area contributed by atoms with Crippen LogP contribution in [0.15, 0.2) is 0 Å². The quantitative estimate of drug-likeness (QED) is 0.788. The van der Waals surface area contributed by atoms with E-state index in [-0.39, 0.29) is 0 Å². The minimum atomic E-state index is 0.725. The molecule has 2 aliphatic rings. The van der Waals surface area contributed by atoms with Crippen LogP contribution < -0.4 is 5.32 Å². The highest BCUT2D eigenvalue weighted by molar-refractivity contribution is 4.87. The molecule has 1 heterocycles. The second-order valence-electron chi connectivity index (χ2n) is 6.01. The van der Waals surface area contributed by atoms with E-state index >= 15 is 0 Å². The smallest absolute Gasteiger partial charge is 0.0197 e. The highest BCUT2D eigenvalue weighted by Gasteiger charge is 2.30. The zero-order valence-electron chi connectivity index (χ0n) is 11.8. The van der Waals surface area contributed by atoms with Crippen molar-refractivity contribution in [3.63, 3.8) is 0 Å². The molecule has 0 amide bonds. The van der Waals surface area contributed by atoms with Crippen molar-refractivity contribution < 1.29 is 0 Å². The van der Waals surface area contributed by atoms with Gasteiger partial charge < -0.3 is 10.2 Å². The Morgan fingerprint density at radius 2 is 1.94 bits per heavy atom. The monoisotopic (exact) mass is 239 g/mol. The lowest BCUT2D eigenvalue weighted by molar-refractivity contribution is 0.103. The summed E-state index contributed by atoms with van der Waals surface area (Å²) in [4.78, 5) is 5.27. The van der Waals surface area contributed by atoms with Gasteiger partial charge in [0.05, 0.1) is 0 Å². The predicted molar refractivity (Wildman–Crippen MR) is 73.4 cm³/mol. The van der Waals surface area contributed by atoms with Gasteiger partial charge in [0.1, 0.15) is 0 Å². The van der Waals surface area contributed by atoms with Crippen LogP contribution in [0.4, 0.5) is 0 Å². The van der Waals surface area contributed by atoms with Crippen molar-refractivity contribution >= 4 is 0 Å². The lowest BCUT2D eigenvalue weighted by Crippen LogP contribution is -2.48. The molecule has 3 atom stereocenters. The fourth-order valence-electron chi connectivity index (χ4n) is 3.66. The van der Waals surface area contributed by atoms with Gasteiger partial charge in [-0.05, 0) is 59.8 Å². The molecule has 1 aliphatic carbocycles. The number of hydrogen-bond donors (Lipinski definition) is 1. The van der Waals surface area contributed by atoms with E-state index in [9.17, 15) is 0 Å². The van der Waals surface area contributed by atoms with Crippen LogP contribution in [0.5, 0.6) is 0 Å². The van der Waals surface area contributed by atoms with Gasteiger partial charge in [-0.1, -0.05) is 6.42 Å². The topological polar surface area (TPSA) is 18.5 Å². The Bertz CT molecular complexity index is 232. The van der Waals surface area contributed by atoms with Gasteiger partial charge in [-0.2, -0.15) is 0 Å². The van der Waals surface area contributed by atoms with Crippen LogP contribution in [-0.4, -0.2) is 61.7 Å². The second-order valence-corrected chi connectivity index (χ2v) is 6.01. The molecule has 100 valence electrons. The lowest BCUT2D eigenvalue weighted by atomic mass is 9.89. The molecular formula is C14H29N3. The van der Waals surface area contributed by atoms with Gasteiger partial charge in [0.25, 0.3) is 0 Å². The predicted octanol–water partition coefficient (Wildman–Crippen LogP) is 1.54. The average molecular weight is 239 g/mol. The van der Waals surface area contributed by atoms with Gasteiger partial charge in [0, 0.05) is 24.7 Å². The van der Waals surface area contributed by atoms with Crippen molar-refractivity contribution in [1.82, 2.24) is 15.1 Å². The fraction of sp³-hybridized carbons (Fsp3) is 1.00. The van der Waals surface area contributed by atoms with E-state index in [1.807, 2.05) is 0 Å². The van der Waals surface area contributed by atoms with Crippen LogP contribution >= 0.6 is 0 Å². The van der Waals surface area contributed by atoms with Crippen molar-refractivity contribution in [2.24, 2.45) is 0 Å². The molecule has 1 saturated heterocycles. The standard InChI is InChI=1S/C14H29N3/c1-12-11-16(3)8-5-9-17(12)14-7-4-6-13(10-14)15-2/h12-15H,4-11H2,1-3H3. The van der Waals surface area contributed by atoms with Gasteiger partial charge in [0.2, 0.25) is 0 Å². The number of likely N-dealkylation sites (N-methyl/N-ethyl adjacent to an activating group) is 1. The molecule has 0 aromatic rings. The molecule has 1 aliphatic heterocycles. The van der Waals surface area contributed by atoms with E-state index in [1.165, 1.54) is 51.7 Å². The molecule has 1 N–H and O–H groups in total. The fourth-order valence-corrected chi connectivity index (χ4v) is 3.66. The third-order valence-corrected chi connectivity index (χ3v) is 4.62. The summed E-state index contributed by atoms with van der Waals surface area (Å²) in [5, 5.41) is 3.48. The Balaban J connectivity index is 1.94. The molecule has 3 unspecified atom stereocenters. The average Bonchev–Trinajstić information content (AvgIpc) is 2.50. The zero-order valence-corrected chi connectivity index (χ0v) is 11.8. The van der Waals surface area contributed by atoms with Gasteiger partial charge >= 0.3 is 0 Å². The minimum Gasteiger partial charge on any atom is -0.317 e. The normalized spacial score (nSPS) is 37.9. The first kappa shape index (κ1) is 13.3. The molecule has 3 heteroatoms. The molecule has 0 spiro atoms. The van der Waals surface area contributed by atoms with Gasteiger partial charge in [-0.3, -0.25) is 4.90 Å². The van der Waals surface area contributed by atoms with Gasteiger partial charge in [0.15, 0.2) is 0 Å². The summed E-state index contributed by atoms with van der Waals surface area (Å²) >= 11 is 0. The lowest BCUT2D eigenvalue weighted by Gasteiger charge is -2.40. The molecular weight excluding hydrogens is 210 g/mol. The summed E-state index contributed by atoms with van der Waals surface area (Å²) in [5.74, 6) is 0. The van der Waals surface area contributed by atoms with Crippen molar-refractivity contribution in [2.45, 2.75) is 57.2 Å². The Labute approximate surface area is 107 Å². The second kappa shape index (κ2) is 6.17. The van der Waals surface area contributed by atoms with Crippen LogP contribution in [0.1, 0.15) is 39.0 Å². The maximum absolute atomic E-state index is 3.48. The number of hydrogen-bond acceptors (Lipinski definition) is 3. The Morgan fingerprint density at radius 3 is 2.71 bits per heavy atom. The van der Waals surface area contributed by atoms with Crippen LogP contribution in [0.3, 0.4) is 0 Å². The largest absolute Gasteiger partial charge is 0.317 e. The Hall–Kier alpha value is -0.120. The maximum Gasteiger partial charge on any atom is 0.0197 e. The van der Waals surface area contributed by atoms with Crippen LogP contribution in [-0.2, 0) is 0 Å². The molecule has 1 saturated carbocycles.